The summed E-state index contributed by atoms with van der Waals surface area (Å²) < 4.78 is 5.71. The molecule has 92 valence electrons. The normalized spacial score (nSPS) is 21.7. The molecule has 1 aliphatic rings. The molecule has 1 N–H and O–H groups in total. The molecule has 4 nitrogen and oxygen atoms in total. The van der Waals surface area contributed by atoms with Gasteiger partial charge in [0.15, 0.2) is 6.10 Å². The second-order valence-corrected chi connectivity index (χ2v) is 4.57. The van der Waals surface area contributed by atoms with E-state index in [9.17, 15) is 5.11 Å². The number of aliphatic hydroxyl groups excluding tert-OH is 1. The van der Waals surface area contributed by atoms with Gasteiger partial charge in [-0.05, 0) is 11.1 Å². The highest BCUT2D eigenvalue weighted by molar-refractivity contribution is 6.29. The lowest BCUT2D eigenvalue weighted by molar-refractivity contribution is 0.0465. The monoisotopic (exact) mass is 262 g/mol. The Morgan fingerprint density at radius 1 is 1.28 bits per heavy atom. The van der Waals surface area contributed by atoms with E-state index >= 15 is 0 Å². The van der Waals surface area contributed by atoms with Gasteiger partial charge in [0.05, 0.1) is 6.10 Å². The van der Waals surface area contributed by atoms with E-state index in [-0.39, 0.29) is 0 Å². The summed E-state index contributed by atoms with van der Waals surface area (Å²) in [6, 6.07) is 9.37. The first-order chi connectivity index (χ1) is 8.74. The Morgan fingerprint density at radius 3 is 2.94 bits per heavy atom. The van der Waals surface area contributed by atoms with Crippen molar-refractivity contribution in [1.29, 1.82) is 0 Å². The fourth-order valence-corrected chi connectivity index (χ4v) is 2.33. The van der Waals surface area contributed by atoms with Crippen LogP contribution in [0.25, 0.3) is 0 Å². The summed E-state index contributed by atoms with van der Waals surface area (Å²) in [5.74, 6) is 0.371. The Bertz CT molecular complexity index is 576. The number of benzene rings is 1. The maximum absolute atomic E-state index is 10.0. The molecular weight excluding hydrogens is 252 g/mol. The third-order valence-corrected chi connectivity index (χ3v) is 3.20. The molecule has 0 aliphatic heterocycles. The van der Waals surface area contributed by atoms with Crippen molar-refractivity contribution in [3.8, 4) is 5.88 Å². The van der Waals surface area contributed by atoms with Crippen LogP contribution in [0.3, 0.4) is 0 Å². The number of fused-ring (bicyclic) bond motifs is 1. The predicted molar refractivity (Wildman–Crippen MR) is 66.6 cm³/mol. The SMILES string of the molecule is OC1Cc2ccccc2C1Oc1cc(Cl)ncn1. The molecule has 0 spiro atoms. The largest absolute Gasteiger partial charge is 0.467 e. The van der Waals surface area contributed by atoms with Gasteiger partial charge in [-0.3, -0.25) is 0 Å². The highest BCUT2D eigenvalue weighted by Crippen LogP contribution is 2.34. The molecular formula is C13H11ClN2O2. The number of hydrogen-bond acceptors (Lipinski definition) is 4. The minimum absolute atomic E-state index is 0.320. The zero-order valence-corrected chi connectivity index (χ0v) is 10.2. The van der Waals surface area contributed by atoms with Gasteiger partial charge in [0, 0.05) is 12.5 Å². The second kappa shape index (κ2) is 4.55. The maximum Gasteiger partial charge on any atom is 0.218 e. The summed E-state index contributed by atoms with van der Waals surface area (Å²) in [5.41, 5.74) is 2.11. The van der Waals surface area contributed by atoms with E-state index in [1.165, 1.54) is 12.4 Å². The third kappa shape index (κ3) is 2.05. The Morgan fingerprint density at radius 2 is 2.11 bits per heavy atom. The van der Waals surface area contributed by atoms with Crippen molar-refractivity contribution in [1.82, 2.24) is 9.97 Å². The number of aromatic nitrogens is 2. The summed E-state index contributed by atoms with van der Waals surface area (Å²) in [4.78, 5) is 7.77. The minimum atomic E-state index is -0.559. The van der Waals surface area contributed by atoms with Gasteiger partial charge in [-0.15, -0.1) is 0 Å². The Balaban J connectivity index is 1.89. The summed E-state index contributed by atoms with van der Waals surface area (Å²) in [6.45, 7) is 0. The van der Waals surface area contributed by atoms with E-state index in [0.29, 0.717) is 17.5 Å². The average Bonchev–Trinajstić information content (AvgIpc) is 2.66. The molecule has 0 saturated heterocycles. The number of aliphatic hydroxyl groups is 1. The zero-order valence-electron chi connectivity index (χ0n) is 9.45. The lowest BCUT2D eigenvalue weighted by Gasteiger charge is -2.17. The molecule has 1 aromatic heterocycles. The Labute approximate surface area is 109 Å². The summed E-state index contributed by atoms with van der Waals surface area (Å²) >= 11 is 5.77. The topological polar surface area (TPSA) is 55.2 Å². The van der Waals surface area contributed by atoms with Gasteiger partial charge in [-0.1, -0.05) is 35.9 Å². The molecule has 1 heterocycles. The van der Waals surface area contributed by atoms with Crippen LogP contribution in [-0.2, 0) is 6.42 Å². The van der Waals surface area contributed by atoms with E-state index in [2.05, 4.69) is 9.97 Å². The first-order valence-corrected chi connectivity index (χ1v) is 6.02. The molecule has 1 aliphatic carbocycles. The van der Waals surface area contributed by atoms with Crippen LogP contribution in [0.15, 0.2) is 36.7 Å². The predicted octanol–water partition coefficient (Wildman–Crippen LogP) is 2.17. The molecule has 0 radical (unpaired) electrons. The summed E-state index contributed by atoms with van der Waals surface area (Å²) in [6.07, 6.45) is 0.980. The molecule has 0 saturated carbocycles. The van der Waals surface area contributed by atoms with Gasteiger partial charge in [0.25, 0.3) is 0 Å². The average molecular weight is 263 g/mol. The van der Waals surface area contributed by atoms with Crippen molar-refractivity contribution < 1.29 is 9.84 Å². The highest BCUT2D eigenvalue weighted by Gasteiger charge is 2.32. The van der Waals surface area contributed by atoms with Crippen LogP contribution in [0.5, 0.6) is 5.88 Å². The van der Waals surface area contributed by atoms with E-state index in [0.717, 1.165) is 11.1 Å². The van der Waals surface area contributed by atoms with E-state index < -0.39 is 12.2 Å². The van der Waals surface area contributed by atoms with E-state index in [1.807, 2.05) is 24.3 Å². The van der Waals surface area contributed by atoms with Crippen molar-refractivity contribution in [3.63, 3.8) is 0 Å². The van der Waals surface area contributed by atoms with Gasteiger partial charge in [0.1, 0.15) is 11.5 Å². The highest BCUT2D eigenvalue weighted by atomic mass is 35.5. The van der Waals surface area contributed by atoms with Crippen LogP contribution in [0, 0.1) is 0 Å². The van der Waals surface area contributed by atoms with Crippen molar-refractivity contribution in [2.45, 2.75) is 18.6 Å². The molecule has 0 fully saturated rings. The first-order valence-electron chi connectivity index (χ1n) is 5.64. The molecule has 2 atom stereocenters. The first kappa shape index (κ1) is 11.4. The number of ether oxygens (including phenoxy) is 1. The van der Waals surface area contributed by atoms with Crippen molar-refractivity contribution in [2.24, 2.45) is 0 Å². The lowest BCUT2D eigenvalue weighted by atomic mass is 10.1. The standard InChI is InChI=1S/C13H11ClN2O2/c14-11-6-12(16-7-15-11)18-13-9-4-2-1-3-8(9)5-10(13)17/h1-4,6-7,10,13,17H,5H2. The summed E-state index contributed by atoms with van der Waals surface area (Å²) in [5, 5.41) is 10.4. The van der Waals surface area contributed by atoms with Gasteiger partial charge >= 0.3 is 0 Å². The van der Waals surface area contributed by atoms with Gasteiger partial charge in [-0.25, -0.2) is 9.97 Å². The third-order valence-electron chi connectivity index (χ3n) is 3.00. The van der Waals surface area contributed by atoms with Crippen molar-refractivity contribution in [3.05, 3.63) is 52.9 Å². The van der Waals surface area contributed by atoms with E-state index in [1.54, 1.807) is 0 Å². The molecule has 0 bridgehead atoms. The fourth-order valence-electron chi connectivity index (χ4n) is 2.19. The Kier molecular flexibility index (Phi) is 2.89. The molecule has 2 aromatic rings. The Hall–Kier alpha value is -1.65. The van der Waals surface area contributed by atoms with Gasteiger partial charge < -0.3 is 9.84 Å². The molecule has 18 heavy (non-hydrogen) atoms. The molecule has 3 rings (SSSR count). The maximum atomic E-state index is 10.0. The number of hydrogen-bond donors (Lipinski definition) is 1. The number of rotatable bonds is 2. The van der Waals surface area contributed by atoms with Crippen LogP contribution in [0.4, 0.5) is 0 Å². The number of nitrogens with zero attached hydrogens (tertiary/aromatic N) is 2. The molecule has 0 amide bonds. The molecule has 5 heteroatoms. The van der Waals surface area contributed by atoms with Crippen LogP contribution in [0.1, 0.15) is 17.2 Å². The lowest BCUT2D eigenvalue weighted by Crippen LogP contribution is -2.19. The smallest absolute Gasteiger partial charge is 0.218 e. The van der Waals surface area contributed by atoms with Gasteiger partial charge in [-0.2, -0.15) is 0 Å². The zero-order chi connectivity index (χ0) is 12.5. The number of halogens is 1. The van der Waals surface area contributed by atoms with Gasteiger partial charge in [0.2, 0.25) is 5.88 Å². The molecule has 1 aromatic carbocycles. The van der Waals surface area contributed by atoms with Crippen LogP contribution in [-0.4, -0.2) is 21.2 Å². The van der Waals surface area contributed by atoms with Crippen LogP contribution >= 0.6 is 11.6 Å². The fraction of sp³-hybridized carbons (Fsp3) is 0.231. The quantitative estimate of drug-likeness (QED) is 0.843. The second-order valence-electron chi connectivity index (χ2n) is 4.19. The van der Waals surface area contributed by atoms with Crippen LogP contribution < -0.4 is 4.74 Å². The van der Waals surface area contributed by atoms with E-state index in [4.69, 9.17) is 16.3 Å². The van der Waals surface area contributed by atoms with Crippen molar-refractivity contribution >= 4 is 11.6 Å². The molecule has 2 unspecified atom stereocenters. The summed E-state index contributed by atoms with van der Waals surface area (Å²) in [7, 11) is 0. The van der Waals surface area contributed by atoms with Crippen molar-refractivity contribution in [2.75, 3.05) is 0 Å². The van der Waals surface area contributed by atoms with Crippen LogP contribution in [0.2, 0.25) is 5.15 Å². The minimum Gasteiger partial charge on any atom is -0.467 e.